The van der Waals surface area contributed by atoms with Crippen molar-refractivity contribution in [2.75, 3.05) is 26.4 Å². The van der Waals surface area contributed by atoms with E-state index in [1.165, 1.54) is 0 Å². The Morgan fingerprint density at radius 1 is 1.69 bits per heavy atom. The van der Waals surface area contributed by atoms with Gasteiger partial charge >= 0.3 is 0 Å². The molecule has 1 rings (SSSR count). The van der Waals surface area contributed by atoms with Crippen LogP contribution in [-0.2, 0) is 9.57 Å². The summed E-state index contributed by atoms with van der Waals surface area (Å²) in [6.07, 6.45) is 1.04. The first kappa shape index (κ1) is 10.9. The molecule has 1 fully saturated rings. The maximum Gasteiger partial charge on any atom is 0.0654 e. The number of hydrogen-bond donors (Lipinski definition) is 2. The van der Waals surface area contributed by atoms with Crippen molar-refractivity contribution in [1.29, 1.82) is 0 Å². The van der Waals surface area contributed by atoms with E-state index in [0.717, 1.165) is 26.2 Å². The molecule has 1 saturated heterocycles. The molecule has 4 heteroatoms. The zero-order chi connectivity index (χ0) is 9.52. The summed E-state index contributed by atoms with van der Waals surface area (Å²) < 4.78 is 5.36. The summed E-state index contributed by atoms with van der Waals surface area (Å²) in [6, 6.07) is 0.843. The molecule has 1 aliphatic heterocycles. The molecule has 0 radical (unpaired) electrons. The normalized spacial score (nSPS) is 25.8. The van der Waals surface area contributed by atoms with Crippen LogP contribution in [0.4, 0.5) is 0 Å². The van der Waals surface area contributed by atoms with Crippen molar-refractivity contribution in [3.63, 3.8) is 0 Å². The number of hydrogen-bond acceptors (Lipinski definition) is 4. The second-order valence-corrected chi connectivity index (χ2v) is 3.41. The molecule has 0 aromatic carbocycles. The third-order valence-corrected chi connectivity index (χ3v) is 2.07. The van der Waals surface area contributed by atoms with Crippen LogP contribution in [0.2, 0.25) is 0 Å². The first-order valence-electron chi connectivity index (χ1n) is 5.01. The summed E-state index contributed by atoms with van der Waals surface area (Å²) >= 11 is 0. The predicted octanol–water partition coefficient (Wildman–Crippen LogP) is 0.295. The number of ether oxygens (including phenoxy) is 1. The average molecular weight is 188 g/mol. The maximum atomic E-state index is 5.36. The fourth-order valence-electron chi connectivity index (χ4n) is 1.47. The van der Waals surface area contributed by atoms with Gasteiger partial charge in [0.15, 0.2) is 0 Å². The fourth-order valence-corrected chi connectivity index (χ4v) is 1.47. The fraction of sp³-hybridized carbons (Fsp3) is 1.00. The Morgan fingerprint density at radius 2 is 2.54 bits per heavy atom. The zero-order valence-corrected chi connectivity index (χ0v) is 8.51. The summed E-state index contributed by atoms with van der Waals surface area (Å²) in [4.78, 5) is 5.12. The number of morpholine rings is 1. The lowest BCUT2D eigenvalue weighted by Crippen LogP contribution is -2.44. The highest BCUT2D eigenvalue weighted by Crippen LogP contribution is 2.02. The molecular weight excluding hydrogens is 168 g/mol. The lowest BCUT2D eigenvalue weighted by Gasteiger charge is -2.26. The first-order chi connectivity index (χ1) is 6.33. The standard InChI is InChI=1S/C9H20N2O2/c1-3-13-11-8(2)6-9-7-12-5-4-10-9/h8-11H,3-7H2,1-2H3. The Balaban J connectivity index is 2.07. The van der Waals surface area contributed by atoms with Gasteiger partial charge in [-0.25, -0.2) is 0 Å². The molecule has 0 aromatic heterocycles. The number of nitrogens with one attached hydrogen (secondary N) is 2. The largest absolute Gasteiger partial charge is 0.379 e. The van der Waals surface area contributed by atoms with E-state index >= 15 is 0 Å². The molecule has 0 bridgehead atoms. The Labute approximate surface area is 79.9 Å². The molecular formula is C9H20N2O2. The van der Waals surface area contributed by atoms with Crippen molar-refractivity contribution in [2.45, 2.75) is 32.4 Å². The molecule has 78 valence electrons. The van der Waals surface area contributed by atoms with Gasteiger partial charge in [0.25, 0.3) is 0 Å². The van der Waals surface area contributed by atoms with E-state index in [9.17, 15) is 0 Å². The van der Waals surface area contributed by atoms with E-state index in [2.05, 4.69) is 17.7 Å². The van der Waals surface area contributed by atoms with Crippen LogP contribution in [0.25, 0.3) is 0 Å². The van der Waals surface area contributed by atoms with Crippen LogP contribution in [-0.4, -0.2) is 38.4 Å². The highest BCUT2D eigenvalue weighted by molar-refractivity contribution is 4.74. The molecule has 1 aliphatic rings. The second-order valence-electron chi connectivity index (χ2n) is 3.41. The lowest BCUT2D eigenvalue weighted by atomic mass is 10.1. The average Bonchev–Trinajstić information content (AvgIpc) is 2.16. The highest BCUT2D eigenvalue weighted by Gasteiger charge is 2.15. The molecule has 0 aliphatic carbocycles. The van der Waals surface area contributed by atoms with E-state index in [1.54, 1.807) is 0 Å². The molecule has 13 heavy (non-hydrogen) atoms. The third kappa shape index (κ3) is 4.57. The van der Waals surface area contributed by atoms with Gasteiger partial charge < -0.3 is 14.9 Å². The lowest BCUT2D eigenvalue weighted by molar-refractivity contribution is 0.0145. The van der Waals surface area contributed by atoms with Crippen molar-refractivity contribution in [2.24, 2.45) is 0 Å². The van der Waals surface area contributed by atoms with Crippen LogP contribution >= 0.6 is 0 Å². The molecule has 4 nitrogen and oxygen atoms in total. The summed E-state index contributed by atoms with van der Waals surface area (Å²) in [5, 5.41) is 3.41. The Kier molecular flexibility index (Phi) is 5.31. The van der Waals surface area contributed by atoms with Crippen molar-refractivity contribution in [3.8, 4) is 0 Å². The van der Waals surface area contributed by atoms with Crippen LogP contribution in [0.3, 0.4) is 0 Å². The number of hydroxylamine groups is 1. The van der Waals surface area contributed by atoms with E-state index in [-0.39, 0.29) is 0 Å². The molecule has 0 amide bonds. The first-order valence-corrected chi connectivity index (χ1v) is 5.01. The van der Waals surface area contributed by atoms with Gasteiger partial charge in [-0.1, -0.05) is 0 Å². The molecule has 1 heterocycles. The van der Waals surface area contributed by atoms with Gasteiger partial charge in [-0.15, -0.1) is 0 Å². The Morgan fingerprint density at radius 3 is 3.15 bits per heavy atom. The molecule has 0 saturated carbocycles. The van der Waals surface area contributed by atoms with Gasteiger partial charge in [-0.05, 0) is 20.3 Å². The van der Waals surface area contributed by atoms with Crippen LogP contribution in [0.15, 0.2) is 0 Å². The molecule has 0 aromatic rings. The van der Waals surface area contributed by atoms with Crippen molar-refractivity contribution < 1.29 is 9.57 Å². The molecule has 2 unspecified atom stereocenters. The van der Waals surface area contributed by atoms with Crippen LogP contribution in [0.5, 0.6) is 0 Å². The van der Waals surface area contributed by atoms with Crippen LogP contribution in [0, 0.1) is 0 Å². The van der Waals surface area contributed by atoms with Crippen molar-refractivity contribution in [3.05, 3.63) is 0 Å². The van der Waals surface area contributed by atoms with Gasteiger partial charge in [0.2, 0.25) is 0 Å². The summed E-state index contributed by atoms with van der Waals surface area (Å²) in [6.45, 7) is 7.42. The minimum atomic E-state index is 0.374. The van der Waals surface area contributed by atoms with Gasteiger partial charge in [-0.2, -0.15) is 5.48 Å². The second kappa shape index (κ2) is 6.32. The van der Waals surface area contributed by atoms with E-state index in [4.69, 9.17) is 9.57 Å². The Hall–Kier alpha value is -0.160. The predicted molar refractivity (Wildman–Crippen MR) is 51.5 cm³/mol. The van der Waals surface area contributed by atoms with Crippen molar-refractivity contribution >= 4 is 0 Å². The molecule has 2 atom stereocenters. The maximum absolute atomic E-state index is 5.36. The Bertz CT molecular complexity index is 127. The molecule has 0 spiro atoms. The topological polar surface area (TPSA) is 42.5 Å². The van der Waals surface area contributed by atoms with Crippen LogP contribution in [0.1, 0.15) is 20.3 Å². The zero-order valence-electron chi connectivity index (χ0n) is 8.51. The van der Waals surface area contributed by atoms with E-state index < -0.39 is 0 Å². The van der Waals surface area contributed by atoms with E-state index in [1.807, 2.05) is 6.92 Å². The van der Waals surface area contributed by atoms with E-state index in [0.29, 0.717) is 18.7 Å². The van der Waals surface area contributed by atoms with Gasteiger partial charge in [0, 0.05) is 18.6 Å². The summed E-state index contributed by atoms with van der Waals surface area (Å²) in [7, 11) is 0. The monoisotopic (exact) mass is 188 g/mol. The SMILES string of the molecule is CCONC(C)CC1COCCN1. The summed E-state index contributed by atoms with van der Waals surface area (Å²) in [5.41, 5.74) is 2.98. The number of rotatable bonds is 5. The summed E-state index contributed by atoms with van der Waals surface area (Å²) in [5.74, 6) is 0. The van der Waals surface area contributed by atoms with Gasteiger partial charge in [0.1, 0.15) is 0 Å². The molecule has 2 N–H and O–H groups in total. The third-order valence-electron chi connectivity index (χ3n) is 2.07. The highest BCUT2D eigenvalue weighted by atomic mass is 16.6. The minimum Gasteiger partial charge on any atom is -0.379 e. The van der Waals surface area contributed by atoms with Gasteiger partial charge in [-0.3, -0.25) is 0 Å². The van der Waals surface area contributed by atoms with Gasteiger partial charge in [0.05, 0.1) is 19.8 Å². The smallest absolute Gasteiger partial charge is 0.0654 e. The van der Waals surface area contributed by atoms with Crippen molar-refractivity contribution in [1.82, 2.24) is 10.8 Å². The quantitative estimate of drug-likeness (QED) is 0.609. The van der Waals surface area contributed by atoms with Crippen LogP contribution < -0.4 is 10.8 Å². The minimum absolute atomic E-state index is 0.374.